The van der Waals surface area contributed by atoms with Crippen LogP contribution in [-0.4, -0.2) is 69.8 Å². The van der Waals surface area contributed by atoms with Crippen molar-refractivity contribution in [2.45, 2.75) is 57.6 Å². The summed E-state index contributed by atoms with van der Waals surface area (Å²) in [6, 6.07) is 1.65. The van der Waals surface area contributed by atoms with Crippen LogP contribution in [0, 0.1) is 18.7 Å². The molecule has 5 rings (SSSR count). The highest BCUT2D eigenvalue weighted by atomic mass is 35.5. The number of pyridine rings is 2. The fraction of sp³-hybridized carbons (Fsp3) is 0.481. The Hall–Kier alpha value is -3.22. The lowest BCUT2D eigenvalue weighted by Gasteiger charge is -2.34. The quantitative estimate of drug-likeness (QED) is 0.340. The van der Waals surface area contributed by atoms with Crippen LogP contribution in [0.25, 0.3) is 11.1 Å². The second-order valence-electron chi connectivity index (χ2n) is 10.2. The normalized spacial score (nSPS) is 18.8. The molecule has 0 aliphatic heterocycles. The topological polar surface area (TPSA) is 119 Å². The largest absolute Gasteiger partial charge is 0.494 e. The van der Waals surface area contributed by atoms with E-state index in [-0.39, 0.29) is 55.8 Å². The molecule has 13 heteroatoms. The van der Waals surface area contributed by atoms with E-state index < -0.39 is 11.7 Å². The first-order valence-electron chi connectivity index (χ1n) is 13.1. The van der Waals surface area contributed by atoms with Crippen LogP contribution in [-0.2, 0) is 4.74 Å². The highest BCUT2D eigenvalue weighted by molar-refractivity contribution is 7.17. The van der Waals surface area contributed by atoms with Crippen molar-refractivity contribution < 1.29 is 23.5 Å². The summed E-state index contributed by atoms with van der Waals surface area (Å²) in [5, 5.41) is 10.6. The van der Waals surface area contributed by atoms with Crippen LogP contribution in [0.3, 0.4) is 0 Å². The molecule has 2 saturated carbocycles. The molecule has 3 heterocycles. The molecular weight excluding hydrogens is 559 g/mol. The van der Waals surface area contributed by atoms with Crippen LogP contribution in [0.5, 0.6) is 5.75 Å². The van der Waals surface area contributed by atoms with E-state index in [4.69, 9.17) is 21.1 Å². The first-order valence-corrected chi connectivity index (χ1v) is 14.3. The zero-order chi connectivity index (χ0) is 28.4. The number of carbonyl (C=O) groups is 2. The molecule has 0 saturated heterocycles. The van der Waals surface area contributed by atoms with Gasteiger partial charge in [-0.05, 0) is 57.4 Å². The van der Waals surface area contributed by atoms with Gasteiger partial charge in [-0.1, -0.05) is 22.9 Å². The van der Waals surface area contributed by atoms with Gasteiger partial charge < -0.3 is 14.4 Å². The third-order valence-electron chi connectivity index (χ3n) is 7.32. The third kappa shape index (κ3) is 6.24. The average molecular weight is 589 g/mol. The predicted molar refractivity (Wildman–Crippen MR) is 148 cm³/mol. The van der Waals surface area contributed by atoms with Crippen molar-refractivity contribution in [3.05, 3.63) is 45.7 Å². The van der Waals surface area contributed by atoms with E-state index >= 15 is 4.39 Å². The van der Waals surface area contributed by atoms with E-state index in [1.165, 1.54) is 32.3 Å². The third-order valence-corrected chi connectivity index (χ3v) is 8.41. The molecule has 2 amide bonds. The highest BCUT2D eigenvalue weighted by Gasteiger charge is 2.31. The minimum absolute atomic E-state index is 0.0134. The van der Waals surface area contributed by atoms with Crippen LogP contribution < -0.4 is 10.1 Å². The van der Waals surface area contributed by atoms with Gasteiger partial charge in [0.05, 0.1) is 30.5 Å². The van der Waals surface area contributed by atoms with Crippen molar-refractivity contribution in [3.8, 4) is 16.9 Å². The lowest BCUT2D eigenvalue weighted by molar-refractivity contribution is 0.00590. The number of aromatic nitrogens is 4. The molecule has 1 N–H and O–H groups in total. The van der Waals surface area contributed by atoms with Gasteiger partial charge in [-0.3, -0.25) is 19.9 Å². The van der Waals surface area contributed by atoms with Crippen molar-refractivity contribution >= 4 is 39.9 Å². The highest BCUT2D eigenvalue weighted by Crippen LogP contribution is 2.37. The maximum absolute atomic E-state index is 15.1. The fourth-order valence-electron chi connectivity index (χ4n) is 4.80. The summed E-state index contributed by atoms with van der Waals surface area (Å²) in [4.78, 5) is 36.1. The Labute approximate surface area is 240 Å². The number of anilines is 1. The second-order valence-corrected chi connectivity index (χ2v) is 11.5. The van der Waals surface area contributed by atoms with Crippen molar-refractivity contribution in [2.75, 3.05) is 26.1 Å². The molecule has 0 unspecified atom stereocenters. The standard InChI is InChI=1S/C27H30ClFN6O4S/c1-14-10-18(21-20(38-3)12-31-23(28)22(21)29)19(11-30-14)24(36)32-27-34-33-25(40-27)26(37)35(2)16-6-8-17(9-7-16)39-13-15-4-5-15/h10-12,15-17H,4-9,13H2,1-3H3,(H,32,34,36)/t16-,17-. The molecule has 3 aromatic rings. The number of hydrogen-bond donors (Lipinski definition) is 1. The molecule has 10 nitrogen and oxygen atoms in total. The smallest absolute Gasteiger partial charge is 0.284 e. The summed E-state index contributed by atoms with van der Waals surface area (Å²) in [5.74, 6) is -0.838. The van der Waals surface area contributed by atoms with Gasteiger partial charge in [0.15, 0.2) is 11.0 Å². The molecule has 3 aromatic heterocycles. The maximum Gasteiger partial charge on any atom is 0.284 e. The monoisotopic (exact) mass is 588 g/mol. The molecule has 2 fully saturated rings. The molecular formula is C27H30ClFN6O4S. The molecule has 40 heavy (non-hydrogen) atoms. The molecule has 0 atom stereocenters. The number of aryl methyl sites for hydroxylation is 1. The first-order chi connectivity index (χ1) is 19.2. The number of rotatable bonds is 9. The van der Waals surface area contributed by atoms with E-state index in [1.807, 2.05) is 0 Å². The number of amides is 2. The van der Waals surface area contributed by atoms with E-state index in [1.54, 1.807) is 24.9 Å². The number of hydrogen-bond acceptors (Lipinski definition) is 9. The van der Waals surface area contributed by atoms with Gasteiger partial charge >= 0.3 is 0 Å². The molecule has 2 aliphatic carbocycles. The number of halogens is 2. The lowest BCUT2D eigenvalue weighted by atomic mass is 9.92. The van der Waals surface area contributed by atoms with Crippen molar-refractivity contribution in [1.82, 2.24) is 25.1 Å². The van der Waals surface area contributed by atoms with Gasteiger partial charge in [0.25, 0.3) is 11.8 Å². The molecule has 0 radical (unpaired) electrons. The lowest BCUT2D eigenvalue weighted by Crippen LogP contribution is -2.40. The zero-order valence-electron chi connectivity index (χ0n) is 22.4. The number of ether oxygens (including phenoxy) is 2. The van der Waals surface area contributed by atoms with Crippen LogP contribution in [0.1, 0.15) is 64.4 Å². The number of nitrogens with one attached hydrogen (secondary N) is 1. The van der Waals surface area contributed by atoms with Crippen molar-refractivity contribution in [2.24, 2.45) is 5.92 Å². The SMILES string of the molecule is COc1cnc(Cl)c(F)c1-c1cc(C)ncc1C(=O)Nc1nnc(C(=O)N(C)[C@H]2CC[C@H](OCC3CC3)CC2)s1. The average Bonchev–Trinajstić information content (AvgIpc) is 3.68. The Balaban J connectivity index is 1.27. The summed E-state index contributed by atoms with van der Waals surface area (Å²) in [5.41, 5.74) is 0.823. The molecule has 0 aromatic carbocycles. The fourth-order valence-corrected chi connectivity index (χ4v) is 5.66. The minimum Gasteiger partial charge on any atom is -0.494 e. The Kier molecular flexibility index (Phi) is 8.57. The van der Waals surface area contributed by atoms with Gasteiger partial charge in [0.2, 0.25) is 10.1 Å². The summed E-state index contributed by atoms with van der Waals surface area (Å²) in [6.07, 6.45) is 9.00. The Morgan fingerprint density at radius 3 is 2.60 bits per heavy atom. The van der Waals surface area contributed by atoms with Gasteiger partial charge in [0.1, 0.15) is 5.75 Å². The zero-order valence-corrected chi connectivity index (χ0v) is 24.0. The van der Waals surface area contributed by atoms with E-state index in [2.05, 4.69) is 25.5 Å². The van der Waals surface area contributed by atoms with Crippen LogP contribution in [0.15, 0.2) is 18.5 Å². The first kappa shape index (κ1) is 28.3. The summed E-state index contributed by atoms with van der Waals surface area (Å²) < 4.78 is 26.4. The maximum atomic E-state index is 15.1. The van der Waals surface area contributed by atoms with Crippen molar-refractivity contribution in [1.29, 1.82) is 0 Å². The summed E-state index contributed by atoms with van der Waals surface area (Å²) in [6.45, 7) is 2.56. The van der Waals surface area contributed by atoms with Crippen LogP contribution in [0.4, 0.5) is 9.52 Å². The van der Waals surface area contributed by atoms with E-state index in [0.29, 0.717) is 5.69 Å². The van der Waals surface area contributed by atoms with Crippen molar-refractivity contribution in [3.63, 3.8) is 0 Å². The summed E-state index contributed by atoms with van der Waals surface area (Å²) in [7, 11) is 3.14. The molecule has 212 valence electrons. The van der Waals surface area contributed by atoms with E-state index in [9.17, 15) is 9.59 Å². The van der Waals surface area contributed by atoms with Crippen LogP contribution in [0.2, 0.25) is 5.15 Å². The van der Waals surface area contributed by atoms with Gasteiger partial charge in [-0.2, -0.15) is 0 Å². The van der Waals surface area contributed by atoms with E-state index in [0.717, 1.165) is 49.5 Å². The second kappa shape index (κ2) is 12.1. The van der Waals surface area contributed by atoms with Gasteiger partial charge in [-0.25, -0.2) is 9.37 Å². The molecule has 0 spiro atoms. The minimum atomic E-state index is -0.823. The predicted octanol–water partition coefficient (Wildman–Crippen LogP) is 5.17. The van der Waals surface area contributed by atoms with Crippen LogP contribution >= 0.6 is 22.9 Å². The Morgan fingerprint density at radius 2 is 1.90 bits per heavy atom. The molecule has 2 aliphatic rings. The Bertz CT molecular complexity index is 1410. The van der Waals surface area contributed by atoms with Gasteiger partial charge in [0, 0.05) is 37.2 Å². The number of methoxy groups -OCH3 is 1. The summed E-state index contributed by atoms with van der Waals surface area (Å²) >= 11 is 6.90. The Morgan fingerprint density at radius 1 is 1.15 bits per heavy atom. The number of nitrogens with zero attached hydrogens (tertiary/aromatic N) is 5. The number of carbonyl (C=O) groups excluding carboxylic acids is 2. The van der Waals surface area contributed by atoms with Gasteiger partial charge in [-0.15, -0.1) is 10.2 Å². The molecule has 0 bridgehead atoms.